The zero-order valence-electron chi connectivity index (χ0n) is 11.2. The maximum atomic E-state index is 4.61. The molecule has 0 aliphatic carbocycles. The SMILES string of the molecule is CSc1ccccc1NC(C)c1nc(C)sc1C. The molecule has 4 heteroatoms. The van der Waals surface area contributed by atoms with Gasteiger partial charge in [0.25, 0.3) is 0 Å². The van der Waals surface area contributed by atoms with Gasteiger partial charge in [-0.05, 0) is 39.2 Å². The minimum Gasteiger partial charge on any atom is -0.376 e. The number of para-hydroxylation sites is 1. The van der Waals surface area contributed by atoms with Gasteiger partial charge in [0.1, 0.15) is 0 Å². The van der Waals surface area contributed by atoms with E-state index in [1.54, 1.807) is 23.1 Å². The second-order valence-electron chi connectivity index (χ2n) is 4.24. The Hall–Kier alpha value is -1.00. The Labute approximate surface area is 117 Å². The van der Waals surface area contributed by atoms with E-state index in [1.807, 2.05) is 0 Å². The van der Waals surface area contributed by atoms with Crippen LogP contribution in [0.2, 0.25) is 0 Å². The Morgan fingerprint density at radius 2 is 2.00 bits per heavy atom. The molecule has 18 heavy (non-hydrogen) atoms. The lowest BCUT2D eigenvalue weighted by Crippen LogP contribution is -2.08. The molecule has 0 bridgehead atoms. The molecule has 2 nitrogen and oxygen atoms in total. The lowest BCUT2D eigenvalue weighted by atomic mass is 10.2. The highest BCUT2D eigenvalue weighted by molar-refractivity contribution is 7.98. The molecule has 0 amide bonds. The van der Waals surface area contributed by atoms with Crippen LogP contribution in [-0.4, -0.2) is 11.2 Å². The molecule has 1 aromatic carbocycles. The lowest BCUT2D eigenvalue weighted by Gasteiger charge is -2.16. The minimum atomic E-state index is 0.239. The predicted octanol–water partition coefficient (Wildman–Crippen LogP) is 4.65. The van der Waals surface area contributed by atoms with E-state index in [4.69, 9.17) is 0 Å². The van der Waals surface area contributed by atoms with E-state index in [9.17, 15) is 0 Å². The van der Waals surface area contributed by atoms with Gasteiger partial charge in [-0.2, -0.15) is 0 Å². The van der Waals surface area contributed by atoms with Crippen LogP contribution in [0.15, 0.2) is 29.2 Å². The van der Waals surface area contributed by atoms with Crippen molar-refractivity contribution in [3.8, 4) is 0 Å². The summed E-state index contributed by atoms with van der Waals surface area (Å²) in [7, 11) is 0. The highest BCUT2D eigenvalue weighted by Gasteiger charge is 2.13. The van der Waals surface area contributed by atoms with Gasteiger partial charge in [-0.25, -0.2) is 4.98 Å². The van der Waals surface area contributed by atoms with E-state index in [-0.39, 0.29) is 6.04 Å². The average Bonchev–Trinajstić information content (AvgIpc) is 2.69. The topological polar surface area (TPSA) is 24.9 Å². The lowest BCUT2D eigenvalue weighted by molar-refractivity contribution is 0.833. The Bertz CT molecular complexity index is 534. The number of aromatic nitrogens is 1. The van der Waals surface area contributed by atoms with Crippen molar-refractivity contribution in [1.82, 2.24) is 4.98 Å². The molecule has 0 fully saturated rings. The van der Waals surface area contributed by atoms with Crippen molar-refractivity contribution in [2.24, 2.45) is 0 Å². The normalized spacial score (nSPS) is 12.4. The fourth-order valence-corrected chi connectivity index (χ4v) is 3.49. The zero-order chi connectivity index (χ0) is 13.1. The smallest absolute Gasteiger partial charge is 0.0901 e. The average molecular weight is 278 g/mol. The molecular formula is C14H18N2S2. The number of anilines is 1. The Morgan fingerprint density at radius 3 is 2.61 bits per heavy atom. The molecule has 0 saturated carbocycles. The molecular weight excluding hydrogens is 260 g/mol. The summed E-state index contributed by atoms with van der Waals surface area (Å²) < 4.78 is 0. The van der Waals surface area contributed by atoms with Crippen molar-refractivity contribution < 1.29 is 0 Å². The summed E-state index contributed by atoms with van der Waals surface area (Å²) in [5, 5.41) is 4.69. The van der Waals surface area contributed by atoms with Crippen LogP contribution in [0.4, 0.5) is 5.69 Å². The molecule has 2 rings (SSSR count). The van der Waals surface area contributed by atoms with Gasteiger partial charge in [0.15, 0.2) is 0 Å². The van der Waals surface area contributed by atoms with Gasteiger partial charge in [0.2, 0.25) is 0 Å². The molecule has 1 atom stereocenters. The van der Waals surface area contributed by atoms with Crippen LogP contribution < -0.4 is 5.32 Å². The molecule has 96 valence electrons. The Kier molecular flexibility index (Phi) is 4.30. The van der Waals surface area contributed by atoms with Gasteiger partial charge in [-0.3, -0.25) is 0 Å². The number of rotatable bonds is 4. The number of nitrogens with zero attached hydrogens (tertiary/aromatic N) is 1. The quantitative estimate of drug-likeness (QED) is 0.824. The molecule has 0 radical (unpaired) electrons. The van der Waals surface area contributed by atoms with Gasteiger partial charge < -0.3 is 5.32 Å². The fraction of sp³-hybridized carbons (Fsp3) is 0.357. The first kappa shape index (κ1) is 13.4. The largest absolute Gasteiger partial charge is 0.376 e. The summed E-state index contributed by atoms with van der Waals surface area (Å²) >= 11 is 3.52. The van der Waals surface area contributed by atoms with Crippen LogP contribution in [0.3, 0.4) is 0 Å². The number of benzene rings is 1. The van der Waals surface area contributed by atoms with E-state index < -0.39 is 0 Å². The Morgan fingerprint density at radius 1 is 1.28 bits per heavy atom. The molecule has 1 heterocycles. The third kappa shape index (κ3) is 2.87. The first-order chi connectivity index (χ1) is 8.61. The highest BCUT2D eigenvalue weighted by Crippen LogP contribution is 2.30. The monoisotopic (exact) mass is 278 g/mol. The first-order valence-corrected chi connectivity index (χ1v) is 7.99. The zero-order valence-corrected chi connectivity index (χ0v) is 12.8. The third-order valence-corrected chi connectivity index (χ3v) is 4.53. The Balaban J connectivity index is 2.21. The van der Waals surface area contributed by atoms with E-state index in [0.29, 0.717) is 0 Å². The standard InChI is InChI=1S/C14H18N2S2/c1-9(14-10(2)18-11(3)16-14)15-12-7-5-6-8-13(12)17-4/h5-9,15H,1-4H3. The van der Waals surface area contributed by atoms with Crippen molar-refractivity contribution in [2.45, 2.75) is 31.7 Å². The number of hydrogen-bond acceptors (Lipinski definition) is 4. The summed E-state index contributed by atoms with van der Waals surface area (Å²) in [6.07, 6.45) is 2.10. The summed E-state index contributed by atoms with van der Waals surface area (Å²) in [6, 6.07) is 8.63. The maximum Gasteiger partial charge on any atom is 0.0901 e. The van der Waals surface area contributed by atoms with Crippen LogP contribution in [0, 0.1) is 13.8 Å². The van der Waals surface area contributed by atoms with Crippen molar-refractivity contribution in [3.05, 3.63) is 39.8 Å². The molecule has 0 aliphatic rings. The molecule has 2 aromatic rings. The third-order valence-electron chi connectivity index (χ3n) is 2.83. The number of hydrogen-bond donors (Lipinski definition) is 1. The van der Waals surface area contributed by atoms with E-state index >= 15 is 0 Å². The van der Waals surface area contributed by atoms with Gasteiger partial charge >= 0.3 is 0 Å². The summed E-state index contributed by atoms with van der Waals surface area (Å²) in [5.74, 6) is 0. The van der Waals surface area contributed by atoms with Gasteiger partial charge in [0, 0.05) is 15.5 Å². The number of aryl methyl sites for hydroxylation is 2. The fourth-order valence-electron chi connectivity index (χ4n) is 2.01. The van der Waals surface area contributed by atoms with E-state index in [1.165, 1.54) is 15.5 Å². The van der Waals surface area contributed by atoms with Crippen molar-refractivity contribution in [3.63, 3.8) is 0 Å². The van der Waals surface area contributed by atoms with Gasteiger partial charge in [-0.1, -0.05) is 12.1 Å². The van der Waals surface area contributed by atoms with E-state index in [0.717, 1.165) is 10.7 Å². The molecule has 1 unspecified atom stereocenters. The maximum absolute atomic E-state index is 4.61. The molecule has 0 saturated heterocycles. The number of nitrogens with one attached hydrogen (secondary N) is 1. The molecule has 0 spiro atoms. The minimum absolute atomic E-state index is 0.239. The summed E-state index contributed by atoms with van der Waals surface area (Å²) in [4.78, 5) is 7.18. The van der Waals surface area contributed by atoms with Crippen molar-refractivity contribution in [2.75, 3.05) is 11.6 Å². The number of thiazole rings is 1. The van der Waals surface area contributed by atoms with Crippen molar-refractivity contribution in [1.29, 1.82) is 0 Å². The first-order valence-electron chi connectivity index (χ1n) is 5.95. The van der Waals surface area contributed by atoms with E-state index in [2.05, 4.69) is 61.6 Å². The molecule has 0 aliphatic heterocycles. The van der Waals surface area contributed by atoms with Crippen molar-refractivity contribution >= 4 is 28.8 Å². The second-order valence-corrected chi connectivity index (χ2v) is 6.50. The van der Waals surface area contributed by atoms with Gasteiger partial charge in [-0.15, -0.1) is 23.1 Å². The highest BCUT2D eigenvalue weighted by atomic mass is 32.2. The molecule has 1 N–H and O–H groups in total. The summed E-state index contributed by atoms with van der Waals surface area (Å²) in [6.45, 7) is 6.36. The summed E-state index contributed by atoms with van der Waals surface area (Å²) in [5.41, 5.74) is 2.34. The van der Waals surface area contributed by atoms with Crippen LogP contribution in [0.25, 0.3) is 0 Å². The van der Waals surface area contributed by atoms with Gasteiger partial charge in [0.05, 0.1) is 16.7 Å². The van der Waals surface area contributed by atoms with Crippen LogP contribution in [-0.2, 0) is 0 Å². The van der Waals surface area contributed by atoms with Crippen LogP contribution >= 0.6 is 23.1 Å². The predicted molar refractivity (Wildman–Crippen MR) is 81.8 cm³/mol. The molecule has 1 aromatic heterocycles. The van der Waals surface area contributed by atoms with Crippen LogP contribution in [0.1, 0.15) is 28.5 Å². The van der Waals surface area contributed by atoms with Crippen LogP contribution in [0.5, 0.6) is 0 Å². The number of thioether (sulfide) groups is 1. The second kappa shape index (κ2) is 5.76.